The van der Waals surface area contributed by atoms with E-state index in [0.29, 0.717) is 0 Å². The molecule has 6 N–H and O–H groups in total. The molecule has 0 aromatic carbocycles. The summed E-state index contributed by atoms with van der Waals surface area (Å²) in [4.78, 5) is 33.3. The van der Waals surface area contributed by atoms with E-state index in [1.54, 1.807) is 6.92 Å². The third-order valence-electron chi connectivity index (χ3n) is 3.26. The third-order valence-corrected chi connectivity index (χ3v) is 3.78. The van der Waals surface area contributed by atoms with Gasteiger partial charge < -0.3 is 30.5 Å². The Hall–Kier alpha value is -1.77. The number of hydrogen-bond donors (Lipinski definition) is 5. The van der Waals surface area contributed by atoms with Crippen LogP contribution in [0.15, 0.2) is 11.0 Å². The van der Waals surface area contributed by atoms with Gasteiger partial charge in [-0.1, -0.05) is 5.92 Å². The molecule has 0 unspecified atom stereocenters. The van der Waals surface area contributed by atoms with E-state index >= 15 is 0 Å². The van der Waals surface area contributed by atoms with Crippen molar-refractivity contribution in [3.8, 4) is 11.8 Å². The molecule has 132 valence electrons. The quantitative estimate of drug-likeness (QED) is 0.295. The largest absolute Gasteiger partial charge is 0.470 e. The fourth-order valence-electron chi connectivity index (χ4n) is 2.28. The predicted octanol–water partition coefficient (Wildman–Crippen LogP) is -2.07. The number of nitrogens with zero attached hydrogens (tertiary/aromatic N) is 2. The van der Waals surface area contributed by atoms with Crippen LogP contribution in [-0.4, -0.2) is 54.5 Å². The van der Waals surface area contributed by atoms with Gasteiger partial charge in [-0.15, -0.1) is 5.92 Å². The van der Waals surface area contributed by atoms with Crippen molar-refractivity contribution >= 4 is 13.6 Å². The van der Waals surface area contributed by atoms with Crippen LogP contribution in [0.2, 0.25) is 0 Å². The van der Waals surface area contributed by atoms with Crippen LogP contribution in [0.25, 0.3) is 0 Å². The van der Waals surface area contributed by atoms with Crippen LogP contribution in [0.3, 0.4) is 0 Å². The van der Waals surface area contributed by atoms with Crippen LogP contribution in [0.1, 0.15) is 18.7 Å². The average Bonchev–Trinajstić information content (AvgIpc) is 2.77. The molecular formula is C12H16N3O8P. The number of phosphoric acid groups is 1. The first-order valence-corrected chi connectivity index (χ1v) is 8.20. The number of nitrogen functional groups attached to an aromatic ring is 1. The maximum Gasteiger partial charge on any atom is 0.470 e. The molecule has 4 atom stereocenters. The van der Waals surface area contributed by atoms with E-state index < -0.39 is 44.7 Å². The Labute approximate surface area is 135 Å². The highest BCUT2D eigenvalue weighted by molar-refractivity contribution is 7.46. The Bertz CT molecular complexity index is 779. The smallest absolute Gasteiger partial charge is 0.394 e. The molecule has 1 saturated heterocycles. The Morgan fingerprint density at radius 1 is 1.54 bits per heavy atom. The second-order valence-electron chi connectivity index (χ2n) is 4.90. The van der Waals surface area contributed by atoms with Crippen LogP contribution >= 0.6 is 7.82 Å². The van der Waals surface area contributed by atoms with Crippen LogP contribution in [0, 0.1) is 11.8 Å². The van der Waals surface area contributed by atoms with Gasteiger partial charge in [-0.25, -0.2) is 9.36 Å². The number of anilines is 1. The molecule has 0 spiro atoms. The summed E-state index contributed by atoms with van der Waals surface area (Å²) in [7, 11) is -4.96. The van der Waals surface area contributed by atoms with Crippen molar-refractivity contribution in [2.24, 2.45) is 0 Å². The zero-order valence-corrected chi connectivity index (χ0v) is 13.3. The topological polar surface area (TPSA) is 177 Å². The molecule has 0 amide bonds. The van der Waals surface area contributed by atoms with Crippen LogP contribution in [0.4, 0.5) is 5.82 Å². The molecule has 0 bridgehead atoms. The van der Waals surface area contributed by atoms with E-state index in [-0.39, 0.29) is 11.4 Å². The van der Waals surface area contributed by atoms with Crippen LogP contribution in [-0.2, 0) is 13.8 Å². The number of aliphatic hydroxyl groups excluding tert-OH is 2. The highest BCUT2D eigenvalue weighted by Crippen LogP contribution is 2.43. The van der Waals surface area contributed by atoms with E-state index in [4.69, 9.17) is 20.3 Å². The lowest BCUT2D eigenvalue weighted by molar-refractivity contribution is -0.0548. The Morgan fingerprint density at radius 2 is 2.21 bits per heavy atom. The van der Waals surface area contributed by atoms with Gasteiger partial charge >= 0.3 is 13.5 Å². The number of ether oxygens (including phenoxy) is 1. The van der Waals surface area contributed by atoms with Crippen molar-refractivity contribution in [3.05, 3.63) is 22.2 Å². The zero-order valence-electron chi connectivity index (χ0n) is 12.4. The summed E-state index contributed by atoms with van der Waals surface area (Å²) in [5, 5.41) is 19.5. The maximum absolute atomic E-state index is 12.0. The summed E-state index contributed by atoms with van der Waals surface area (Å²) in [6, 6.07) is 0. The molecule has 24 heavy (non-hydrogen) atoms. The minimum atomic E-state index is -4.96. The molecule has 1 aliphatic heterocycles. The normalized spacial score (nSPS) is 26.9. The number of aliphatic hydroxyl groups is 2. The fraction of sp³-hybridized carbons (Fsp3) is 0.500. The number of rotatable bonds is 4. The van der Waals surface area contributed by atoms with Crippen LogP contribution < -0.4 is 11.4 Å². The van der Waals surface area contributed by atoms with Gasteiger partial charge in [0.25, 0.3) is 0 Å². The Balaban J connectivity index is 2.42. The average molecular weight is 361 g/mol. The molecule has 1 fully saturated rings. The molecule has 0 saturated carbocycles. The maximum atomic E-state index is 12.0. The SMILES string of the molecule is CC#Cc1cn([C@@H]2O[C@H](CO)[C@@H](OP(=O)(O)O)[C@H]2O)c(=O)nc1N. The Morgan fingerprint density at radius 3 is 2.75 bits per heavy atom. The zero-order chi connectivity index (χ0) is 18.1. The number of nitrogens with two attached hydrogens (primary N) is 1. The molecule has 0 radical (unpaired) electrons. The van der Waals surface area contributed by atoms with Crippen molar-refractivity contribution in [1.82, 2.24) is 9.55 Å². The summed E-state index contributed by atoms with van der Waals surface area (Å²) in [6.45, 7) is 0.846. The van der Waals surface area contributed by atoms with Gasteiger partial charge in [-0.2, -0.15) is 4.98 Å². The summed E-state index contributed by atoms with van der Waals surface area (Å²) in [5.74, 6) is 5.08. The number of phosphoric ester groups is 1. The number of hydrogen-bond acceptors (Lipinski definition) is 8. The molecule has 11 nitrogen and oxygen atoms in total. The van der Waals surface area contributed by atoms with E-state index in [0.717, 1.165) is 4.57 Å². The lowest BCUT2D eigenvalue weighted by Gasteiger charge is -2.20. The van der Waals surface area contributed by atoms with Gasteiger partial charge in [-0.05, 0) is 6.92 Å². The predicted molar refractivity (Wildman–Crippen MR) is 79.4 cm³/mol. The summed E-state index contributed by atoms with van der Waals surface area (Å²) in [5.41, 5.74) is 4.91. The summed E-state index contributed by atoms with van der Waals surface area (Å²) in [6.07, 6.45) is -4.66. The van der Waals surface area contributed by atoms with Crippen molar-refractivity contribution in [2.75, 3.05) is 12.3 Å². The third kappa shape index (κ3) is 3.82. The first-order chi connectivity index (χ1) is 11.2. The molecule has 2 heterocycles. The molecule has 12 heteroatoms. The van der Waals surface area contributed by atoms with E-state index in [1.165, 1.54) is 6.20 Å². The van der Waals surface area contributed by atoms with Gasteiger partial charge in [0.1, 0.15) is 24.1 Å². The van der Waals surface area contributed by atoms with Gasteiger partial charge in [0.2, 0.25) is 0 Å². The second kappa shape index (κ2) is 7.00. The Kier molecular flexibility index (Phi) is 5.42. The molecule has 0 aliphatic carbocycles. The van der Waals surface area contributed by atoms with E-state index in [9.17, 15) is 19.6 Å². The second-order valence-corrected chi connectivity index (χ2v) is 6.10. The van der Waals surface area contributed by atoms with Crippen molar-refractivity contribution in [3.63, 3.8) is 0 Å². The van der Waals surface area contributed by atoms with Crippen molar-refractivity contribution < 1.29 is 33.8 Å². The number of aromatic nitrogens is 2. The summed E-state index contributed by atoms with van der Waals surface area (Å²) < 4.78 is 21.6. The van der Waals surface area contributed by atoms with Gasteiger partial charge in [0, 0.05) is 6.20 Å². The highest BCUT2D eigenvalue weighted by atomic mass is 31.2. The lowest BCUT2D eigenvalue weighted by Crippen LogP contribution is -2.37. The minimum absolute atomic E-state index is 0.111. The summed E-state index contributed by atoms with van der Waals surface area (Å²) >= 11 is 0. The highest BCUT2D eigenvalue weighted by Gasteiger charge is 2.48. The van der Waals surface area contributed by atoms with E-state index in [2.05, 4.69) is 21.3 Å². The molecule has 2 rings (SSSR count). The standard InChI is InChI=1S/C12H16N3O8P/c1-2-3-6-4-15(12(18)14-10(6)13)11-8(17)9(7(5-16)22-11)23-24(19,20)21/h4,7-9,11,16-17H,5H2,1H3,(H2,13,14,18)(H2,19,20,21)/t7-,8-,9-,11-/m1/s1. The van der Waals surface area contributed by atoms with Gasteiger partial charge in [0.05, 0.1) is 12.2 Å². The first kappa shape index (κ1) is 18.6. The van der Waals surface area contributed by atoms with Crippen molar-refractivity contribution in [2.45, 2.75) is 31.5 Å². The lowest BCUT2D eigenvalue weighted by atomic mass is 10.1. The van der Waals surface area contributed by atoms with E-state index in [1.807, 2.05) is 0 Å². The molecule has 1 aromatic rings. The molecule has 1 aliphatic rings. The minimum Gasteiger partial charge on any atom is -0.394 e. The molecular weight excluding hydrogens is 345 g/mol. The molecule has 1 aromatic heterocycles. The first-order valence-electron chi connectivity index (χ1n) is 6.67. The monoisotopic (exact) mass is 361 g/mol. The fourth-order valence-corrected chi connectivity index (χ4v) is 2.86. The van der Waals surface area contributed by atoms with Gasteiger partial charge in [0.15, 0.2) is 6.23 Å². The van der Waals surface area contributed by atoms with Gasteiger partial charge in [-0.3, -0.25) is 9.09 Å². The van der Waals surface area contributed by atoms with Crippen molar-refractivity contribution in [1.29, 1.82) is 0 Å². The van der Waals surface area contributed by atoms with Crippen LogP contribution in [0.5, 0.6) is 0 Å².